The number of amides is 1. The van der Waals surface area contributed by atoms with Crippen molar-refractivity contribution in [2.45, 2.75) is 19.4 Å². The average Bonchev–Trinajstić information content (AvgIpc) is 3.24. The molecule has 0 bridgehead atoms. The molecule has 0 saturated carbocycles. The number of pyridine rings is 1. The Kier molecular flexibility index (Phi) is 5.10. The van der Waals surface area contributed by atoms with Crippen molar-refractivity contribution in [2.24, 2.45) is 0 Å². The van der Waals surface area contributed by atoms with Gasteiger partial charge < -0.3 is 5.32 Å². The molecule has 152 valence electrons. The fourth-order valence-corrected chi connectivity index (χ4v) is 4.92. The molecule has 0 aliphatic carbocycles. The predicted octanol–water partition coefficient (Wildman–Crippen LogP) is 0.856. The smallest absolute Gasteiger partial charge is 0.350 e. The van der Waals surface area contributed by atoms with Gasteiger partial charge in [0, 0.05) is 31.4 Å². The second-order valence-electron chi connectivity index (χ2n) is 6.83. The van der Waals surface area contributed by atoms with E-state index in [2.05, 4.69) is 10.4 Å². The van der Waals surface area contributed by atoms with Gasteiger partial charge in [0.25, 0.3) is 5.91 Å². The summed E-state index contributed by atoms with van der Waals surface area (Å²) in [4.78, 5) is 24.5. The number of carbonyl (C=O) groups is 1. The van der Waals surface area contributed by atoms with E-state index in [-0.39, 0.29) is 17.3 Å². The minimum absolute atomic E-state index is 0.157. The number of nitrogens with zero attached hydrogens (tertiary/aromatic N) is 4. The molecule has 1 N–H and O–H groups in total. The molecule has 3 aromatic rings. The number of fused-ring (bicyclic) bond motifs is 1. The molecular formula is C19H21N5O4S. The zero-order valence-corrected chi connectivity index (χ0v) is 16.5. The summed E-state index contributed by atoms with van der Waals surface area (Å²) in [6.45, 7) is 1.25. The minimum Gasteiger partial charge on any atom is -0.352 e. The monoisotopic (exact) mass is 415 g/mol. The maximum absolute atomic E-state index is 12.3. The highest BCUT2D eigenvalue weighted by molar-refractivity contribution is 7.93. The lowest BCUT2D eigenvalue weighted by Gasteiger charge is -2.17. The highest BCUT2D eigenvalue weighted by Crippen LogP contribution is 2.24. The van der Waals surface area contributed by atoms with E-state index in [0.717, 1.165) is 0 Å². The van der Waals surface area contributed by atoms with Crippen LogP contribution in [0.15, 0.2) is 53.5 Å². The summed E-state index contributed by atoms with van der Waals surface area (Å²) in [5.74, 6) is -0.0897. The van der Waals surface area contributed by atoms with E-state index in [4.69, 9.17) is 0 Å². The molecule has 0 radical (unpaired) electrons. The van der Waals surface area contributed by atoms with Crippen molar-refractivity contribution >= 4 is 27.3 Å². The van der Waals surface area contributed by atoms with Gasteiger partial charge in [-0.15, -0.1) is 5.10 Å². The molecule has 9 nitrogen and oxygen atoms in total. The van der Waals surface area contributed by atoms with Crippen molar-refractivity contribution in [1.82, 2.24) is 19.5 Å². The van der Waals surface area contributed by atoms with Gasteiger partial charge in [-0.1, -0.05) is 6.07 Å². The van der Waals surface area contributed by atoms with E-state index >= 15 is 0 Å². The van der Waals surface area contributed by atoms with E-state index in [1.165, 1.54) is 13.4 Å². The number of hydrogen-bond acceptors (Lipinski definition) is 5. The molecule has 10 heteroatoms. The van der Waals surface area contributed by atoms with Gasteiger partial charge in [-0.05, 0) is 49.2 Å². The maximum atomic E-state index is 12.3. The molecule has 1 fully saturated rings. The number of nitrogens with one attached hydrogen (secondary N) is 1. The Morgan fingerprint density at radius 1 is 1.14 bits per heavy atom. The number of aromatic nitrogens is 3. The molecule has 2 aromatic heterocycles. The molecule has 1 saturated heterocycles. The Morgan fingerprint density at radius 3 is 2.62 bits per heavy atom. The van der Waals surface area contributed by atoms with Crippen molar-refractivity contribution in [3.63, 3.8) is 0 Å². The van der Waals surface area contributed by atoms with Crippen molar-refractivity contribution in [1.29, 1.82) is 0 Å². The second kappa shape index (κ2) is 7.70. The maximum Gasteiger partial charge on any atom is 0.350 e. The van der Waals surface area contributed by atoms with Crippen LogP contribution in [0.2, 0.25) is 0 Å². The highest BCUT2D eigenvalue weighted by atomic mass is 32.2. The fraction of sp³-hybridized carbons (Fsp3) is 0.316. The van der Waals surface area contributed by atoms with Gasteiger partial charge in [0.05, 0.1) is 11.4 Å². The van der Waals surface area contributed by atoms with E-state index in [9.17, 15) is 18.0 Å². The molecule has 1 amide bonds. The molecule has 1 aliphatic heterocycles. The van der Waals surface area contributed by atoms with Crippen LogP contribution in [0.4, 0.5) is 5.69 Å². The zero-order valence-electron chi connectivity index (χ0n) is 15.7. The van der Waals surface area contributed by atoms with Crippen molar-refractivity contribution in [2.75, 3.05) is 23.1 Å². The molecular weight excluding hydrogens is 394 g/mol. The van der Waals surface area contributed by atoms with Gasteiger partial charge >= 0.3 is 5.69 Å². The van der Waals surface area contributed by atoms with Crippen LogP contribution in [-0.2, 0) is 16.6 Å². The van der Waals surface area contributed by atoms with E-state index in [0.29, 0.717) is 49.4 Å². The van der Waals surface area contributed by atoms with Crippen molar-refractivity contribution in [3.05, 3.63) is 64.7 Å². The number of rotatable bonds is 6. The SMILES string of the molecule is O=C(NCCCn1nc2ccccn2c1=O)c1ccc(N2CCCS2(=O)=O)cc1. The predicted molar refractivity (Wildman–Crippen MR) is 109 cm³/mol. The van der Waals surface area contributed by atoms with Crippen LogP contribution in [0.25, 0.3) is 5.65 Å². The van der Waals surface area contributed by atoms with Crippen molar-refractivity contribution < 1.29 is 13.2 Å². The topological polar surface area (TPSA) is 106 Å². The van der Waals surface area contributed by atoms with Crippen LogP contribution >= 0.6 is 0 Å². The van der Waals surface area contributed by atoms with Crippen molar-refractivity contribution in [3.8, 4) is 0 Å². The van der Waals surface area contributed by atoms with Crippen LogP contribution in [0.3, 0.4) is 0 Å². The van der Waals surface area contributed by atoms with Gasteiger partial charge in [-0.2, -0.15) is 0 Å². The van der Waals surface area contributed by atoms with Crippen LogP contribution in [0.5, 0.6) is 0 Å². The number of anilines is 1. The lowest BCUT2D eigenvalue weighted by atomic mass is 10.2. The Morgan fingerprint density at radius 2 is 1.93 bits per heavy atom. The van der Waals surface area contributed by atoms with Gasteiger partial charge in [-0.25, -0.2) is 17.9 Å². The van der Waals surface area contributed by atoms with Crippen LogP contribution in [0, 0.1) is 0 Å². The lowest BCUT2D eigenvalue weighted by molar-refractivity contribution is 0.0952. The Bertz CT molecular complexity index is 1200. The third-order valence-corrected chi connectivity index (χ3v) is 6.71. The van der Waals surface area contributed by atoms with E-state index < -0.39 is 10.0 Å². The number of sulfonamides is 1. The summed E-state index contributed by atoms with van der Waals surface area (Å²) in [5, 5.41) is 7.05. The Balaban J connectivity index is 1.31. The lowest BCUT2D eigenvalue weighted by Crippen LogP contribution is -2.28. The molecule has 0 spiro atoms. The fourth-order valence-electron chi connectivity index (χ4n) is 3.36. The summed E-state index contributed by atoms with van der Waals surface area (Å²) in [5.41, 5.74) is 1.40. The van der Waals surface area contributed by atoms with Gasteiger partial charge in [0.15, 0.2) is 5.65 Å². The Labute approximate surface area is 167 Å². The summed E-state index contributed by atoms with van der Waals surface area (Å²) >= 11 is 0. The van der Waals surface area contributed by atoms with Crippen LogP contribution in [-0.4, -0.2) is 47.3 Å². The minimum atomic E-state index is -3.23. The van der Waals surface area contributed by atoms with Crippen LogP contribution in [0.1, 0.15) is 23.2 Å². The first-order chi connectivity index (χ1) is 14.0. The summed E-state index contributed by atoms with van der Waals surface area (Å²) in [7, 11) is -3.23. The normalized spacial score (nSPS) is 15.7. The van der Waals surface area contributed by atoms with Gasteiger partial charge in [0.2, 0.25) is 10.0 Å². The second-order valence-corrected chi connectivity index (χ2v) is 8.85. The summed E-state index contributed by atoms with van der Waals surface area (Å²) in [6, 6.07) is 11.9. The highest BCUT2D eigenvalue weighted by Gasteiger charge is 2.28. The number of carbonyl (C=O) groups excluding carboxylic acids is 1. The first kappa shape index (κ1) is 19.2. The molecule has 3 heterocycles. The quantitative estimate of drug-likeness (QED) is 0.601. The standard InChI is InChI=1S/C19H21N5O4S/c25-18(15-6-8-16(9-7-15)24-13-4-14-29(24,27)28)20-10-3-12-23-19(26)22-11-2-1-5-17(22)21-23/h1-2,5-9,11H,3-4,10,12-14H2,(H,20,25). The molecule has 29 heavy (non-hydrogen) atoms. The number of hydrogen-bond donors (Lipinski definition) is 1. The van der Waals surface area contributed by atoms with Gasteiger partial charge in [0.1, 0.15) is 0 Å². The Hall–Kier alpha value is -3.14. The molecule has 0 atom stereocenters. The number of aryl methyl sites for hydroxylation is 1. The molecule has 1 aliphatic rings. The number of benzene rings is 1. The molecule has 4 rings (SSSR count). The average molecular weight is 415 g/mol. The first-order valence-electron chi connectivity index (χ1n) is 9.39. The molecule has 1 aromatic carbocycles. The van der Waals surface area contributed by atoms with E-state index in [1.807, 2.05) is 6.07 Å². The largest absolute Gasteiger partial charge is 0.352 e. The summed E-state index contributed by atoms with van der Waals surface area (Å²) in [6.07, 6.45) is 2.83. The molecule has 0 unspecified atom stereocenters. The van der Waals surface area contributed by atoms with Crippen LogP contribution < -0.4 is 15.3 Å². The zero-order chi connectivity index (χ0) is 20.4. The first-order valence-corrected chi connectivity index (χ1v) is 11.0. The van der Waals surface area contributed by atoms with E-state index in [1.54, 1.807) is 42.6 Å². The van der Waals surface area contributed by atoms with Gasteiger partial charge in [-0.3, -0.25) is 13.5 Å². The summed E-state index contributed by atoms with van der Waals surface area (Å²) < 4.78 is 28.2. The third kappa shape index (κ3) is 3.88. The third-order valence-electron chi connectivity index (χ3n) is 4.84.